The maximum Gasteiger partial charge on any atom is 0.132 e. The van der Waals surface area contributed by atoms with Crippen LogP contribution in [0.2, 0.25) is 5.02 Å². The van der Waals surface area contributed by atoms with E-state index in [1.165, 1.54) is 12.8 Å². The molecule has 2 heterocycles. The number of aromatic nitrogens is 2. The summed E-state index contributed by atoms with van der Waals surface area (Å²) < 4.78 is 7.79. The Morgan fingerprint density at radius 2 is 2.26 bits per heavy atom. The molecule has 1 aliphatic carbocycles. The average Bonchev–Trinajstić information content (AvgIpc) is 3.01. The summed E-state index contributed by atoms with van der Waals surface area (Å²) >= 11 is 6.06. The highest BCUT2D eigenvalue weighted by atomic mass is 35.5. The van der Waals surface area contributed by atoms with Crippen LogP contribution in [0.4, 0.5) is 0 Å². The number of ether oxygens (including phenoxy) is 1. The van der Waals surface area contributed by atoms with Crippen LogP contribution in [0, 0.1) is 0 Å². The van der Waals surface area contributed by atoms with Crippen molar-refractivity contribution in [3.63, 3.8) is 0 Å². The number of rotatable bonds is 2. The molecule has 1 aliphatic heterocycles. The molecule has 2 fully saturated rings. The van der Waals surface area contributed by atoms with Crippen molar-refractivity contribution in [2.75, 3.05) is 13.2 Å². The summed E-state index contributed by atoms with van der Waals surface area (Å²) in [6.07, 6.45) is 3.24. The molecule has 4 rings (SSSR count). The Morgan fingerprint density at radius 1 is 1.42 bits per heavy atom. The van der Waals surface area contributed by atoms with E-state index in [-0.39, 0.29) is 0 Å². The third kappa shape index (κ3) is 1.78. The van der Waals surface area contributed by atoms with Crippen molar-refractivity contribution >= 4 is 22.6 Å². The maximum atomic E-state index is 6.51. The number of imidazole rings is 1. The summed E-state index contributed by atoms with van der Waals surface area (Å²) in [5.41, 5.74) is 8.13. The minimum absolute atomic E-state index is 0.450. The smallest absolute Gasteiger partial charge is 0.132 e. The standard InChI is InChI=1S/C14H16ClN3O/c15-9-1-4-12-11(7-9)17-13(18(12)10-2-3-10)14(16)5-6-19-8-14/h1,4,7,10H,2-3,5-6,8,16H2. The molecule has 5 heteroatoms. The highest BCUT2D eigenvalue weighted by Gasteiger charge is 2.40. The van der Waals surface area contributed by atoms with E-state index in [2.05, 4.69) is 4.57 Å². The summed E-state index contributed by atoms with van der Waals surface area (Å²) in [5.74, 6) is 0.963. The molecule has 0 spiro atoms. The number of hydrogen-bond donors (Lipinski definition) is 1. The lowest BCUT2D eigenvalue weighted by Crippen LogP contribution is -2.40. The Kier molecular flexibility index (Phi) is 2.43. The summed E-state index contributed by atoms with van der Waals surface area (Å²) in [6.45, 7) is 1.27. The first-order valence-electron chi connectivity index (χ1n) is 6.72. The lowest BCUT2D eigenvalue weighted by Gasteiger charge is -2.22. The van der Waals surface area contributed by atoms with Crippen molar-refractivity contribution in [2.45, 2.75) is 30.8 Å². The molecule has 19 heavy (non-hydrogen) atoms. The molecule has 4 nitrogen and oxygen atoms in total. The first-order chi connectivity index (χ1) is 9.17. The summed E-state index contributed by atoms with van der Waals surface area (Å²) in [6, 6.07) is 6.43. The third-order valence-electron chi connectivity index (χ3n) is 4.06. The second kappa shape index (κ2) is 3.95. The zero-order valence-corrected chi connectivity index (χ0v) is 11.4. The summed E-state index contributed by atoms with van der Waals surface area (Å²) in [7, 11) is 0. The SMILES string of the molecule is NC1(c2nc3cc(Cl)ccc3n2C2CC2)CCOC1. The highest BCUT2D eigenvalue weighted by molar-refractivity contribution is 6.31. The number of halogens is 1. The minimum Gasteiger partial charge on any atom is -0.379 e. The molecule has 0 radical (unpaired) electrons. The van der Waals surface area contributed by atoms with Gasteiger partial charge in [-0.3, -0.25) is 0 Å². The topological polar surface area (TPSA) is 53.1 Å². The van der Waals surface area contributed by atoms with E-state index in [0.29, 0.717) is 24.3 Å². The second-order valence-corrected chi connectivity index (χ2v) is 6.06. The highest BCUT2D eigenvalue weighted by Crippen LogP contribution is 2.42. The molecular weight excluding hydrogens is 262 g/mol. The van der Waals surface area contributed by atoms with Gasteiger partial charge in [-0.05, 0) is 37.5 Å². The van der Waals surface area contributed by atoms with Gasteiger partial charge in [-0.25, -0.2) is 4.98 Å². The number of nitrogens with zero attached hydrogens (tertiary/aromatic N) is 2. The number of fused-ring (bicyclic) bond motifs is 1. The molecule has 1 atom stereocenters. The molecule has 1 unspecified atom stereocenters. The molecular formula is C14H16ClN3O. The zero-order chi connectivity index (χ0) is 13.0. The Labute approximate surface area is 116 Å². The molecule has 1 aromatic heterocycles. The fraction of sp³-hybridized carbons (Fsp3) is 0.500. The number of hydrogen-bond acceptors (Lipinski definition) is 3. The monoisotopic (exact) mass is 277 g/mol. The first kappa shape index (κ1) is 11.7. The molecule has 0 bridgehead atoms. The van der Waals surface area contributed by atoms with Crippen LogP contribution in [0.5, 0.6) is 0 Å². The van der Waals surface area contributed by atoms with Crippen LogP contribution in [0.3, 0.4) is 0 Å². The van der Waals surface area contributed by atoms with Crippen molar-refractivity contribution in [2.24, 2.45) is 5.73 Å². The molecule has 2 N–H and O–H groups in total. The van der Waals surface area contributed by atoms with Gasteiger partial charge in [-0.15, -0.1) is 0 Å². The fourth-order valence-electron chi connectivity index (χ4n) is 2.88. The van der Waals surface area contributed by atoms with Gasteiger partial charge in [0.05, 0.1) is 17.6 Å². The van der Waals surface area contributed by atoms with E-state index in [1.807, 2.05) is 18.2 Å². The van der Waals surface area contributed by atoms with Crippen LogP contribution in [-0.2, 0) is 10.3 Å². The van der Waals surface area contributed by atoms with Crippen LogP contribution in [0.15, 0.2) is 18.2 Å². The van der Waals surface area contributed by atoms with Crippen molar-refractivity contribution in [1.82, 2.24) is 9.55 Å². The predicted octanol–water partition coefficient (Wildman–Crippen LogP) is 2.60. The first-order valence-corrected chi connectivity index (χ1v) is 7.10. The zero-order valence-electron chi connectivity index (χ0n) is 10.6. The van der Waals surface area contributed by atoms with Gasteiger partial charge in [0.25, 0.3) is 0 Å². The van der Waals surface area contributed by atoms with Gasteiger partial charge in [0.15, 0.2) is 0 Å². The van der Waals surface area contributed by atoms with Gasteiger partial charge < -0.3 is 15.0 Å². The number of nitrogens with two attached hydrogens (primary N) is 1. The molecule has 1 aromatic carbocycles. The molecule has 2 aromatic rings. The Morgan fingerprint density at radius 3 is 2.95 bits per heavy atom. The van der Waals surface area contributed by atoms with E-state index in [9.17, 15) is 0 Å². The largest absolute Gasteiger partial charge is 0.379 e. The van der Waals surface area contributed by atoms with Crippen LogP contribution in [0.25, 0.3) is 11.0 Å². The minimum atomic E-state index is -0.450. The molecule has 100 valence electrons. The van der Waals surface area contributed by atoms with Crippen molar-refractivity contribution in [3.05, 3.63) is 29.0 Å². The molecule has 2 aliphatic rings. The van der Waals surface area contributed by atoms with E-state index < -0.39 is 5.54 Å². The van der Waals surface area contributed by atoms with Gasteiger partial charge >= 0.3 is 0 Å². The lowest BCUT2D eigenvalue weighted by molar-refractivity contribution is 0.175. The maximum absolute atomic E-state index is 6.51. The Bertz CT molecular complexity index is 641. The average molecular weight is 278 g/mol. The van der Waals surface area contributed by atoms with Crippen LogP contribution in [-0.4, -0.2) is 22.8 Å². The third-order valence-corrected chi connectivity index (χ3v) is 4.30. The van der Waals surface area contributed by atoms with E-state index in [1.54, 1.807) is 0 Å². The van der Waals surface area contributed by atoms with Crippen LogP contribution >= 0.6 is 11.6 Å². The summed E-state index contributed by atoms with van der Waals surface area (Å²) in [4.78, 5) is 4.76. The predicted molar refractivity (Wildman–Crippen MR) is 74.3 cm³/mol. The Balaban J connectivity index is 1.96. The van der Waals surface area contributed by atoms with Crippen molar-refractivity contribution in [3.8, 4) is 0 Å². The second-order valence-electron chi connectivity index (χ2n) is 5.63. The van der Waals surface area contributed by atoms with Crippen molar-refractivity contribution < 1.29 is 4.74 Å². The molecule has 0 amide bonds. The van der Waals surface area contributed by atoms with E-state index in [4.69, 9.17) is 27.1 Å². The fourth-order valence-corrected chi connectivity index (χ4v) is 3.05. The molecule has 1 saturated heterocycles. The van der Waals surface area contributed by atoms with Gasteiger partial charge in [-0.1, -0.05) is 11.6 Å². The van der Waals surface area contributed by atoms with Crippen molar-refractivity contribution in [1.29, 1.82) is 0 Å². The van der Waals surface area contributed by atoms with E-state index in [0.717, 1.165) is 23.3 Å². The summed E-state index contributed by atoms with van der Waals surface area (Å²) in [5, 5.41) is 0.716. The Hall–Kier alpha value is -1.10. The van der Waals surface area contributed by atoms with Crippen LogP contribution < -0.4 is 5.73 Å². The van der Waals surface area contributed by atoms with Crippen LogP contribution in [0.1, 0.15) is 31.1 Å². The van der Waals surface area contributed by atoms with Gasteiger partial charge in [0.1, 0.15) is 11.4 Å². The van der Waals surface area contributed by atoms with Gasteiger partial charge in [0.2, 0.25) is 0 Å². The quantitative estimate of drug-likeness (QED) is 0.918. The van der Waals surface area contributed by atoms with E-state index >= 15 is 0 Å². The molecule has 1 saturated carbocycles. The lowest BCUT2D eigenvalue weighted by atomic mass is 9.99. The van der Waals surface area contributed by atoms with Gasteiger partial charge in [-0.2, -0.15) is 0 Å². The number of benzene rings is 1. The normalized spacial score (nSPS) is 27.3. The van der Waals surface area contributed by atoms with Gasteiger partial charge in [0, 0.05) is 17.7 Å².